The van der Waals surface area contributed by atoms with Crippen LogP contribution in [0.2, 0.25) is 0 Å². The SMILES string of the molecule is CCCCC1CCCCCCC1N(C)CCCO. The van der Waals surface area contributed by atoms with Crippen LogP contribution < -0.4 is 0 Å². The lowest BCUT2D eigenvalue weighted by atomic mass is 9.83. The van der Waals surface area contributed by atoms with Crippen molar-refractivity contribution in [1.29, 1.82) is 0 Å². The normalized spacial score (nSPS) is 26.0. The molecule has 0 amide bonds. The van der Waals surface area contributed by atoms with Gasteiger partial charge in [-0.05, 0) is 38.6 Å². The van der Waals surface area contributed by atoms with Gasteiger partial charge in [0, 0.05) is 19.2 Å². The van der Waals surface area contributed by atoms with Gasteiger partial charge in [0.25, 0.3) is 0 Å². The Hall–Kier alpha value is -0.0800. The van der Waals surface area contributed by atoms with E-state index in [2.05, 4.69) is 18.9 Å². The van der Waals surface area contributed by atoms with Crippen LogP contribution in [0.1, 0.15) is 71.1 Å². The Balaban J connectivity index is 2.52. The summed E-state index contributed by atoms with van der Waals surface area (Å²) in [6, 6.07) is 0.767. The van der Waals surface area contributed by atoms with Crippen molar-refractivity contribution in [3.63, 3.8) is 0 Å². The Labute approximate surface area is 114 Å². The Bertz CT molecular complexity index is 194. The molecule has 0 spiro atoms. The third kappa shape index (κ3) is 5.71. The Kier molecular flexibility index (Phi) is 8.70. The monoisotopic (exact) mass is 255 g/mol. The van der Waals surface area contributed by atoms with Gasteiger partial charge in [0.1, 0.15) is 0 Å². The second-order valence-electron chi connectivity index (χ2n) is 6.02. The maximum Gasteiger partial charge on any atom is 0.0443 e. The highest BCUT2D eigenvalue weighted by atomic mass is 16.3. The highest BCUT2D eigenvalue weighted by Gasteiger charge is 2.25. The van der Waals surface area contributed by atoms with Gasteiger partial charge in [-0.3, -0.25) is 0 Å². The zero-order valence-corrected chi connectivity index (χ0v) is 12.5. The van der Waals surface area contributed by atoms with Crippen LogP contribution in [0.4, 0.5) is 0 Å². The van der Waals surface area contributed by atoms with Crippen molar-refractivity contribution in [3.8, 4) is 0 Å². The van der Waals surface area contributed by atoms with Crippen LogP contribution in [0.15, 0.2) is 0 Å². The van der Waals surface area contributed by atoms with Crippen LogP contribution >= 0.6 is 0 Å². The van der Waals surface area contributed by atoms with Gasteiger partial charge in [-0.15, -0.1) is 0 Å². The molecule has 108 valence electrons. The van der Waals surface area contributed by atoms with Crippen LogP contribution in [-0.4, -0.2) is 36.2 Å². The Morgan fingerprint density at radius 3 is 2.44 bits per heavy atom. The molecular weight excluding hydrogens is 222 g/mol. The van der Waals surface area contributed by atoms with Crippen LogP contribution in [0.25, 0.3) is 0 Å². The van der Waals surface area contributed by atoms with E-state index < -0.39 is 0 Å². The van der Waals surface area contributed by atoms with E-state index in [1.807, 2.05) is 0 Å². The summed E-state index contributed by atoms with van der Waals surface area (Å²) < 4.78 is 0. The van der Waals surface area contributed by atoms with Crippen LogP contribution in [0.5, 0.6) is 0 Å². The van der Waals surface area contributed by atoms with E-state index in [-0.39, 0.29) is 0 Å². The molecule has 0 aromatic heterocycles. The van der Waals surface area contributed by atoms with E-state index in [0.717, 1.165) is 24.9 Å². The first kappa shape index (κ1) is 16.0. The fourth-order valence-electron chi connectivity index (χ4n) is 3.41. The van der Waals surface area contributed by atoms with E-state index in [0.29, 0.717) is 6.61 Å². The lowest BCUT2D eigenvalue weighted by molar-refractivity contribution is 0.127. The quantitative estimate of drug-likeness (QED) is 0.747. The van der Waals surface area contributed by atoms with Gasteiger partial charge in [0.15, 0.2) is 0 Å². The molecular formula is C16H33NO. The second-order valence-corrected chi connectivity index (χ2v) is 6.02. The summed E-state index contributed by atoms with van der Waals surface area (Å²) in [5.41, 5.74) is 0. The predicted octanol–water partition coefficient (Wildman–Crippen LogP) is 3.83. The third-order valence-corrected chi connectivity index (χ3v) is 4.53. The van der Waals surface area contributed by atoms with Gasteiger partial charge >= 0.3 is 0 Å². The van der Waals surface area contributed by atoms with E-state index >= 15 is 0 Å². The molecule has 1 fully saturated rings. The molecule has 0 aliphatic heterocycles. The predicted molar refractivity (Wildman–Crippen MR) is 78.8 cm³/mol. The maximum atomic E-state index is 8.99. The lowest BCUT2D eigenvalue weighted by Gasteiger charge is -2.36. The first-order valence-electron chi connectivity index (χ1n) is 8.10. The Morgan fingerprint density at radius 2 is 1.78 bits per heavy atom. The number of rotatable bonds is 7. The third-order valence-electron chi connectivity index (χ3n) is 4.53. The van der Waals surface area contributed by atoms with E-state index in [9.17, 15) is 0 Å². The highest BCUT2D eigenvalue weighted by Crippen LogP contribution is 2.29. The summed E-state index contributed by atoms with van der Waals surface area (Å²) in [6.45, 7) is 3.69. The zero-order chi connectivity index (χ0) is 13.2. The topological polar surface area (TPSA) is 23.5 Å². The number of hydrogen-bond donors (Lipinski definition) is 1. The lowest BCUT2D eigenvalue weighted by Crippen LogP contribution is -2.39. The molecule has 1 N–H and O–H groups in total. The van der Waals surface area contributed by atoms with Gasteiger partial charge in [-0.2, -0.15) is 0 Å². The molecule has 0 aromatic carbocycles. The van der Waals surface area contributed by atoms with Crippen molar-refractivity contribution in [2.24, 2.45) is 5.92 Å². The first-order chi connectivity index (χ1) is 8.79. The Morgan fingerprint density at radius 1 is 1.06 bits per heavy atom. The molecule has 0 aromatic rings. The van der Waals surface area contributed by atoms with Gasteiger partial charge < -0.3 is 10.0 Å². The van der Waals surface area contributed by atoms with Crippen LogP contribution in [0.3, 0.4) is 0 Å². The average molecular weight is 255 g/mol. The molecule has 18 heavy (non-hydrogen) atoms. The van der Waals surface area contributed by atoms with Crippen molar-refractivity contribution in [3.05, 3.63) is 0 Å². The van der Waals surface area contributed by atoms with Crippen LogP contribution in [0, 0.1) is 5.92 Å². The van der Waals surface area contributed by atoms with Crippen molar-refractivity contribution in [2.45, 2.75) is 77.2 Å². The van der Waals surface area contributed by atoms with Gasteiger partial charge in [-0.1, -0.05) is 45.4 Å². The molecule has 0 saturated heterocycles. The molecule has 2 unspecified atom stereocenters. The summed E-state index contributed by atoms with van der Waals surface area (Å²) in [5, 5.41) is 8.99. The molecule has 2 atom stereocenters. The standard InChI is InChI=1S/C16H33NO/c1-3-4-10-15-11-7-5-6-8-12-16(15)17(2)13-9-14-18/h15-16,18H,3-14H2,1-2H3. The molecule has 1 aliphatic carbocycles. The summed E-state index contributed by atoms with van der Waals surface area (Å²) >= 11 is 0. The summed E-state index contributed by atoms with van der Waals surface area (Å²) in [4.78, 5) is 2.53. The fraction of sp³-hybridized carbons (Fsp3) is 1.00. The first-order valence-corrected chi connectivity index (χ1v) is 8.10. The molecule has 0 heterocycles. The average Bonchev–Trinajstić information content (AvgIpc) is 2.35. The number of unbranched alkanes of at least 4 members (excludes halogenated alkanes) is 1. The van der Waals surface area contributed by atoms with E-state index in [1.165, 1.54) is 57.8 Å². The smallest absolute Gasteiger partial charge is 0.0443 e. The van der Waals surface area contributed by atoms with Crippen molar-refractivity contribution < 1.29 is 5.11 Å². The summed E-state index contributed by atoms with van der Waals surface area (Å²) in [5.74, 6) is 0.897. The minimum Gasteiger partial charge on any atom is -0.396 e. The molecule has 2 nitrogen and oxygen atoms in total. The number of nitrogens with zero attached hydrogens (tertiary/aromatic N) is 1. The van der Waals surface area contributed by atoms with Gasteiger partial charge in [0.05, 0.1) is 0 Å². The minimum absolute atomic E-state index is 0.330. The number of aliphatic hydroxyl groups excluding tert-OH is 1. The second kappa shape index (κ2) is 9.80. The maximum absolute atomic E-state index is 8.99. The van der Waals surface area contributed by atoms with E-state index in [1.54, 1.807) is 0 Å². The van der Waals surface area contributed by atoms with Crippen molar-refractivity contribution >= 4 is 0 Å². The van der Waals surface area contributed by atoms with Gasteiger partial charge in [0.2, 0.25) is 0 Å². The largest absolute Gasteiger partial charge is 0.396 e. The summed E-state index contributed by atoms with van der Waals surface area (Å²) in [6.07, 6.45) is 13.5. The van der Waals surface area contributed by atoms with E-state index in [4.69, 9.17) is 5.11 Å². The van der Waals surface area contributed by atoms with Crippen LogP contribution in [-0.2, 0) is 0 Å². The molecule has 1 aliphatic rings. The van der Waals surface area contributed by atoms with Gasteiger partial charge in [-0.25, -0.2) is 0 Å². The molecule has 1 rings (SSSR count). The fourth-order valence-corrected chi connectivity index (χ4v) is 3.41. The molecule has 1 saturated carbocycles. The number of aliphatic hydroxyl groups is 1. The number of hydrogen-bond acceptors (Lipinski definition) is 2. The zero-order valence-electron chi connectivity index (χ0n) is 12.5. The minimum atomic E-state index is 0.330. The van der Waals surface area contributed by atoms with Crippen molar-refractivity contribution in [2.75, 3.05) is 20.2 Å². The van der Waals surface area contributed by atoms with Crippen molar-refractivity contribution in [1.82, 2.24) is 4.90 Å². The summed E-state index contributed by atoms with van der Waals surface area (Å²) in [7, 11) is 2.26. The molecule has 0 radical (unpaired) electrons. The molecule has 0 bridgehead atoms. The molecule has 2 heteroatoms. The highest BCUT2D eigenvalue weighted by molar-refractivity contribution is 4.80.